The Morgan fingerprint density at radius 1 is 1.00 bits per heavy atom. The molecule has 0 unspecified atom stereocenters. The molecule has 1 aliphatic carbocycles. The predicted octanol–water partition coefficient (Wildman–Crippen LogP) is 4.20. The smallest absolute Gasteiger partial charge is 0.215 e. The first-order valence-corrected chi connectivity index (χ1v) is 8.06. The molecule has 0 aliphatic heterocycles. The Labute approximate surface area is 145 Å². The minimum absolute atomic E-state index is 0.259. The van der Waals surface area contributed by atoms with Crippen LogP contribution in [-0.4, -0.2) is 18.4 Å². The number of aromatic nitrogens is 1. The van der Waals surface area contributed by atoms with E-state index in [9.17, 15) is 9.18 Å². The van der Waals surface area contributed by atoms with Gasteiger partial charge in [0.2, 0.25) is 5.88 Å². The summed E-state index contributed by atoms with van der Waals surface area (Å²) >= 11 is 0. The second kappa shape index (κ2) is 6.13. The first kappa shape index (κ1) is 15.5. The molecule has 3 nitrogen and oxygen atoms in total. The van der Waals surface area contributed by atoms with Gasteiger partial charge in [-0.05, 0) is 46.7 Å². The molecule has 0 saturated heterocycles. The molecule has 1 aromatic heterocycles. The van der Waals surface area contributed by atoms with Crippen molar-refractivity contribution in [3.8, 4) is 17.0 Å². The summed E-state index contributed by atoms with van der Waals surface area (Å²) < 4.78 is 19.3. The van der Waals surface area contributed by atoms with Crippen LogP contribution >= 0.6 is 0 Å². The van der Waals surface area contributed by atoms with Gasteiger partial charge in [-0.25, -0.2) is 9.37 Å². The molecule has 2 aromatic carbocycles. The maximum Gasteiger partial charge on any atom is 0.215 e. The molecule has 0 spiro atoms. The standard InChI is InChI=1S/C21H16FNO2/c1-25-21-10-20(22)19(11-23-21)16-5-4-15-7-14-3-2-13(12-24)6-17(14)9-18(15)8-16/h2-6,8,10-12H,7,9H2,1H3. The summed E-state index contributed by atoms with van der Waals surface area (Å²) in [5.41, 5.74) is 6.71. The van der Waals surface area contributed by atoms with Gasteiger partial charge in [0.05, 0.1) is 7.11 Å². The molecule has 0 radical (unpaired) electrons. The van der Waals surface area contributed by atoms with Gasteiger partial charge < -0.3 is 4.74 Å². The van der Waals surface area contributed by atoms with Gasteiger partial charge in [-0.15, -0.1) is 0 Å². The van der Waals surface area contributed by atoms with Gasteiger partial charge in [0, 0.05) is 23.4 Å². The molecule has 25 heavy (non-hydrogen) atoms. The average Bonchev–Trinajstić information content (AvgIpc) is 2.65. The summed E-state index contributed by atoms with van der Waals surface area (Å²) in [6.45, 7) is 0. The third-order valence-electron chi connectivity index (χ3n) is 4.68. The third-order valence-corrected chi connectivity index (χ3v) is 4.68. The van der Waals surface area contributed by atoms with Crippen molar-refractivity contribution in [2.75, 3.05) is 7.11 Å². The fourth-order valence-electron chi connectivity index (χ4n) is 3.33. The minimum atomic E-state index is -0.355. The number of fused-ring (bicyclic) bond motifs is 2. The molecule has 3 aromatic rings. The Kier molecular flexibility index (Phi) is 3.80. The Hall–Kier alpha value is -3.01. The Balaban J connectivity index is 1.73. The van der Waals surface area contributed by atoms with E-state index in [1.54, 1.807) is 0 Å². The van der Waals surface area contributed by atoms with E-state index in [1.807, 2.05) is 36.4 Å². The zero-order valence-electron chi connectivity index (χ0n) is 13.8. The van der Waals surface area contributed by atoms with E-state index in [1.165, 1.54) is 30.5 Å². The number of ether oxygens (including phenoxy) is 1. The van der Waals surface area contributed by atoms with Crippen LogP contribution in [0.5, 0.6) is 5.88 Å². The molecule has 1 aliphatic rings. The quantitative estimate of drug-likeness (QED) is 0.527. The van der Waals surface area contributed by atoms with Crippen LogP contribution in [0.25, 0.3) is 11.1 Å². The van der Waals surface area contributed by atoms with Crippen molar-refractivity contribution >= 4 is 6.29 Å². The fraction of sp³-hybridized carbons (Fsp3) is 0.143. The van der Waals surface area contributed by atoms with Crippen LogP contribution in [0.3, 0.4) is 0 Å². The topological polar surface area (TPSA) is 39.2 Å². The number of methoxy groups -OCH3 is 1. The number of benzene rings is 2. The van der Waals surface area contributed by atoms with E-state index in [0.29, 0.717) is 11.1 Å². The summed E-state index contributed by atoms with van der Waals surface area (Å²) in [5.74, 6) is -0.0965. The Bertz CT molecular complexity index is 982. The highest BCUT2D eigenvalue weighted by atomic mass is 19.1. The van der Waals surface area contributed by atoms with Crippen LogP contribution in [0.2, 0.25) is 0 Å². The van der Waals surface area contributed by atoms with Crippen molar-refractivity contribution in [3.63, 3.8) is 0 Å². The monoisotopic (exact) mass is 333 g/mol. The van der Waals surface area contributed by atoms with E-state index in [2.05, 4.69) is 4.98 Å². The molecule has 124 valence electrons. The third kappa shape index (κ3) is 2.80. The summed E-state index contributed by atoms with van der Waals surface area (Å²) in [5, 5.41) is 0. The SMILES string of the molecule is COc1cc(F)c(-c2ccc3c(c2)Cc2cc(C=O)ccc2C3)cn1. The van der Waals surface area contributed by atoms with Crippen LogP contribution in [-0.2, 0) is 12.8 Å². The number of carbonyl (C=O) groups excluding carboxylic acids is 1. The Morgan fingerprint density at radius 2 is 1.72 bits per heavy atom. The maximum absolute atomic E-state index is 14.3. The van der Waals surface area contributed by atoms with Crippen LogP contribution in [0, 0.1) is 5.82 Å². The van der Waals surface area contributed by atoms with E-state index in [4.69, 9.17) is 4.74 Å². The van der Waals surface area contributed by atoms with Gasteiger partial charge in [0.25, 0.3) is 0 Å². The largest absolute Gasteiger partial charge is 0.481 e. The van der Waals surface area contributed by atoms with Crippen LogP contribution < -0.4 is 4.74 Å². The number of hydrogen-bond acceptors (Lipinski definition) is 3. The number of aldehydes is 1. The van der Waals surface area contributed by atoms with E-state index in [-0.39, 0.29) is 11.7 Å². The molecular weight excluding hydrogens is 317 g/mol. The zero-order chi connectivity index (χ0) is 17.4. The van der Waals surface area contributed by atoms with Crippen molar-refractivity contribution in [1.82, 2.24) is 4.98 Å². The van der Waals surface area contributed by atoms with Gasteiger partial charge in [-0.3, -0.25) is 4.79 Å². The number of carbonyl (C=O) groups is 1. The van der Waals surface area contributed by atoms with E-state index < -0.39 is 0 Å². The molecule has 4 rings (SSSR count). The molecule has 0 amide bonds. The summed E-state index contributed by atoms with van der Waals surface area (Å²) in [6, 6.07) is 13.1. The molecule has 0 bridgehead atoms. The van der Waals surface area contributed by atoms with Crippen molar-refractivity contribution in [2.24, 2.45) is 0 Å². The second-order valence-corrected chi connectivity index (χ2v) is 6.19. The molecule has 0 atom stereocenters. The molecule has 0 saturated carbocycles. The fourth-order valence-corrected chi connectivity index (χ4v) is 3.33. The summed E-state index contributed by atoms with van der Waals surface area (Å²) in [4.78, 5) is 15.1. The lowest BCUT2D eigenvalue weighted by Crippen LogP contribution is -2.08. The van der Waals surface area contributed by atoms with E-state index >= 15 is 0 Å². The van der Waals surface area contributed by atoms with Gasteiger partial charge >= 0.3 is 0 Å². The van der Waals surface area contributed by atoms with Gasteiger partial charge in [-0.2, -0.15) is 0 Å². The first-order valence-electron chi connectivity index (χ1n) is 8.06. The van der Waals surface area contributed by atoms with Crippen molar-refractivity contribution in [3.05, 3.63) is 82.3 Å². The second-order valence-electron chi connectivity index (χ2n) is 6.19. The van der Waals surface area contributed by atoms with Crippen molar-refractivity contribution < 1.29 is 13.9 Å². The van der Waals surface area contributed by atoms with E-state index in [0.717, 1.165) is 35.8 Å². The maximum atomic E-state index is 14.3. The average molecular weight is 333 g/mol. The molecule has 1 heterocycles. The van der Waals surface area contributed by atoms with Gasteiger partial charge in [0.1, 0.15) is 12.1 Å². The normalized spacial score (nSPS) is 12.2. The van der Waals surface area contributed by atoms with Crippen molar-refractivity contribution in [2.45, 2.75) is 12.8 Å². The van der Waals surface area contributed by atoms with Gasteiger partial charge in [0.15, 0.2) is 0 Å². The first-order chi connectivity index (χ1) is 12.2. The highest BCUT2D eigenvalue weighted by Crippen LogP contribution is 2.32. The summed E-state index contributed by atoms with van der Waals surface area (Å²) in [7, 11) is 1.46. The highest BCUT2D eigenvalue weighted by Gasteiger charge is 2.17. The number of rotatable bonds is 3. The number of halogens is 1. The number of pyridine rings is 1. The zero-order valence-corrected chi connectivity index (χ0v) is 13.8. The van der Waals surface area contributed by atoms with Gasteiger partial charge in [-0.1, -0.05) is 30.3 Å². The highest BCUT2D eigenvalue weighted by molar-refractivity contribution is 5.76. The number of nitrogens with zero attached hydrogens (tertiary/aromatic N) is 1. The Morgan fingerprint density at radius 3 is 2.44 bits per heavy atom. The lowest BCUT2D eigenvalue weighted by atomic mass is 9.84. The number of hydrogen-bond donors (Lipinski definition) is 0. The molecular formula is C21H16FNO2. The van der Waals surface area contributed by atoms with Crippen LogP contribution in [0.4, 0.5) is 4.39 Å². The molecule has 0 N–H and O–H groups in total. The molecule has 0 fully saturated rings. The van der Waals surface area contributed by atoms with Crippen LogP contribution in [0.15, 0.2) is 48.7 Å². The summed E-state index contributed by atoms with van der Waals surface area (Å²) in [6.07, 6.45) is 3.93. The lowest BCUT2D eigenvalue weighted by Gasteiger charge is -2.21. The lowest BCUT2D eigenvalue weighted by molar-refractivity contribution is 0.112. The van der Waals surface area contributed by atoms with Crippen LogP contribution in [0.1, 0.15) is 32.6 Å². The predicted molar refractivity (Wildman–Crippen MR) is 93.6 cm³/mol. The minimum Gasteiger partial charge on any atom is -0.481 e. The van der Waals surface area contributed by atoms with Crippen molar-refractivity contribution in [1.29, 1.82) is 0 Å². The molecule has 4 heteroatoms.